The van der Waals surface area contributed by atoms with Crippen LogP contribution in [0.15, 0.2) is 48.5 Å². The van der Waals surface area contributed by atoms with Crippen molar-refractivity contribution in [2.45, 2.75) is 12.8 Å². The summed E-state index contributed by atoms with van der Waals surface area (Å²) in [5, 5.41) is 21.4. The van der Waals surface area contributed by atoms with Gasteiger partial charge in [-0.05, 0) is 53.7 Å². The zero-order valence-corrected chi connectivity index (χ0v) is 13.5. The Morgan fingerprint density at radius 3 is 2.46 bits per heavy atom. The van der Waals surface area contributed by atoms with Crippen LogP contribution in [0.25, 0.3) is 5.69 Å². The van der Waals surface area contributed by atoms with Gasteiger partial charge in [0.2, 0.25) is 0 Å². The molecule has 0 aliphatic rings. The molecule has 3 aromatic rings. The van der Waals surface area contributed by atoms with Gasteiger partial charge in [0.1, 0.15) is 0 Å². The zero-order chi connectivity index (χ0) is 17.1. The van der Waals surface area contributed by atoms with Gasteiger partial charge < -0.3 is 0 Å². The number of carbonyl (C=O) groups is 1. The number of hydrogen-bond acceptors (Lipinski definition) is 5. The fraction of sp³-hybridized carbons (Fsp3) is 0.118. The summed E-state index contributed by atoms with van der Waals surface area (Å²) in [4.78, 5) is 12.6. The third-order valence-corrected chi connectivity index (χ3v) is 3.80. The molecule has 0 amide bonds. The van der Waals surface area contributed by atoms with Crippen LogP contribution in [0.5, 0.6) is 0 Å². The lowest BCUT2D eigenvalue weighted by Crippen LogP contribution is -2.16. The van der Waals surface area contributed by atoms with E-state index in [0.29, 0.717) is 16.3 Å². The standard InChI is InChI=1S/C17H12ClN5O/c1-11-2-8-14(9-3-11)23-17(20-21-22-23)15(10-19)16(24)12-4-6-13(18)7-5-12/h2-9,15H,1H3. The van der Waals surface area contributed by atoms with Gasteiger partial charge in [-0.25, -0.2) is 0 Å². The maximum atomic E-state index is 12.6. The molecule has 24 heavy (non-hydrogen) atoms. The molecule has 0 N–H and O–H groups in total. The van der Waals surface area contributed by atoms with Crippen molar-refractivity contribution >= 4 is 17.4 Å². The molecule has 0 fully saturated rings. The first-order chi connectivity index (χ1) is 11.6. The van der Waals surface area contributed by atoms with E-state index in [1.54, 1.807) is 24.3 Å². The summed E-state index contributed by atoms with van der Waals surface area (Å²) in [6.07, 6.45) is 0. The summed E-state index contributed by atoms with van der Waals surface area (Å²) in [7, 11) is 0. The second kappa shape index (κ2) is 6.60. The molecular formula is C17H12ClN5O. The van der Waals surface area contributed by atoms with Crippen LogP contribution in [0.3, 0.4) is 0 Å². The van der Waals surface area contributed by atoms with Crippen LogP contribution in [0.2, 0.25) is 5.02 Å². The molecule has 7 heteroatoms. The lowest BCUT2D eigenvalue weighted by atomic mass is 9.98. The van der Waals surface area contributed by atoms with Crippen LogP contribution in [0.1, 0.15) is 27.7 Å². The van der Waals surface area contributed by atoms with Gasteiger partial charge in [-0.2, -0.15) is 9.94 Å². The molecule has 0 spiro atoms. The van der Waals surface area contributed by atoms with Gasteiger partial charge in [-0.3, -0.25) is 4.79 Å². The molecule has 118 valence electrons. The van der Waals surface area contributed by atoms with Crippen LogP contribution in [0.4, 0.5) is 0 Å². The van der Waals surface area contributed by atoms with E-state index >= 15 is 0 Å². The molecule has 1 aromatic heterocycles. The van der Waals surface area contributed by atoms with Crippen molar-refractivity contribution < 1.29 is 4.79 Å². The molecule has 0 aliphatic carbocycles. The molecule has 6 nitrogen and oxygen atoms in total. The number of rotatable bonds is 4. The monoisotopic (exact) mass is 337 g/mol. The topological polar surface area (TPSA) is 84.5 Å². The van der Waals surface area contributed by atoms with Crippen molar-refractivity contribution in [3.8, 4) is 11.8 Å². The average Bonchev–Trinajstić information content (AvgIpc) is 3.06. The second-order valence-corrected chi connectivity index (χ2v) is 5.65. The molecule has 0 radical (unpaired) electrons. The quantitative estimate of drug-likeness (QED) is 0.683. The Hall–Kier alpha value is -3.04. The number of aryl methyl sites for hydroxylation is 1. The first-order valence-corrected chi connectivity index (χ1v) is 7.52. The van der Waals surface area contributed by atoms with Crippen LogP contribution in [0, 0.1) is 18.3 Å². The van der Waals surface area contributed by atoms with E-state index in [-0.39, 0.29) is 11.6 Å². The highest BCUT2D eigenvalue weighted by Crippen LogP contribution is 2.22. The molecule has 0 bridgehead atoms. The Labute approximate surface area is 143 Å². The SMILES string of the molecule is Cc1ccc(-n2nnnc2C(C#N)C(=O)c2ccc(Cl)cc2)cc1. The minimum atomic E-state index is -1.11. The number of hydrogen-bond donors (Lipinski definition) is 0. The van der Waals surface area contributed by atoms with Crippen LogP contribution >= 0.6 is 11.6 Å². The molecule has 2 aromatic carbocycles. The van der Waals surface area contributed by atoms with Gasteiger partial charge in [0.25, 0.3) is 0 Å². The lowest BCUT2D eigenvalue weighted by Gasteiger charge is -2.09. The fourth-order valence-electron chi connectivity index (χ4n) is 2.26. The smallest absolute Gasteiger partial charge is 0.187 e. The number of halogens is 1. The van der Waals surface area contributed by atoms with E-state index in [1.165, 1.54) is 4.68 Å². The van der Waals surface area contributed by atoms with Crippen molar-refractivity contribution in [2.24, 2.45) is 0 Å². The molecular weight excluding hydrogens is 326 g/mol. The van der Waals surface area contributed by atoms with Gasteiger partial charge in [0, 0.05) is 10.6 Å². The molecule has 1 unspecified atom stereocenters. The minimum Gasteiger partial charge on any atom is -0.292 e. The van der Waals surface area contributed by atoms with Gasteiger partial charge in [-0.15, -0.1) is 5.10 Å². The normalized spacial score (nSPS) is 11.7. The number of nitrogens with zero attached hydrogens (tertiary/aromatic N) is 5. The summed E-state index contributed by atoms with van der Waals surface area (Å²) in [6.45, 7) is 1.96. The van der Waals surface area contributed by atoms with Gasteiger partial charge in [0.05, 0.1) is 11.8 Å². The zero-order valence-electron chi connectivity index (χ0n) is 12.7. The Morgan fingerprint density at radius 1 is 1.17 bits per heavy atom. The molecule has 0 aliphatic heterocycles. The Balaban J connectivity index is 1.99. The third kappa shape index (κ3) is 3.03. The van der Waals surface area contributed by atoms with Gasteiger partial charge >= 0.3 is 0 Å². The lowest BCUT2D eigenvalue weighted by molar-refractivity contribution is 0.0975. The molecule has 1 heterocycles. The maximum Gasteiger partial charge on any atom is 0.187 e. The Bertz CT molecular complexity index is 909. The summed E-state index contributed by atoms with van der Waals surface area (Å²) < 4.78 is 1.40. The average molecular weight is 338 g/mol. The van der Waals surface area contributed by atoms with Crippen molar-refractivity contribution in [2.75, 3.05) is 0 Å². The largest absolute Gasteiger partial charge is 0.292 e. The number of carbonyl (C=O) groups excluding carboxylic acids is 1. The van der Waals surface area contributed by atoms with E-state index in [2.05, 4.69) is 15.5 Å². The number of aromatic nitrogens is 4. The predicted molar refractivity (Wildman–Crippen MR) is 88.0 cm³/mol. The van der Waals surface area contributed by atoms with Crippen LogP contribution in [-0.2, 0) is 0 Å². The fourth-order valence-corrected chi connectivity index (χ4v) is 2.38. The Morgan fingerprint density at radius 2 is 1.83 bits per heavy atom. The number of Topliss-reactive ketones (excluding diaryl/α,β-unsaturated/α-hetero) is 1. The first-order valence-electron chi connectivity index (χ1n) is 7.15. The highest BCUT2D eigenvalue weighted by molar-refractivity contribution is 6.30. The number of ketones is 1. The highest BCUT2D eigenvalue weighted by Gasteiger charge is 2.28. The van der Waals surface area contributed by atoms with Crippen molar-refractivity contribution in [3.05, 3.63) is 70.5 Å². The van der Waals surface area contributed by atoms with E-state index < -0.39 is 5.92 Å². The third-order valence-electron chi connectivity index (χ3n) is 3.55. The summed E-state index contributed by atoms with van der Waals surface area (Å²) >= 11 is 5.83. The van der Waals surface area contributed by atoms with Crippen molar-refractivity contribution in [1.82, 2.24) is 20.2 Å². The number of tetrazole rings is 1. The maximum absolute atomic E-state index is 12.6. The number of nitriles is 1. The van der Waals surface area contributed by atoms with E-state index in [0.717, 1.165) is 5.56 Å². The van der Waals surface area contributed by atoms with Crippen LogP contribution < -0.4 is 0 Å². The van der Waals surface area contributed by atoms with Crippen LogP contribution in [-0.4, -0.2) is 26.0 Å². The van der Waals surface area contributed by atoms with Crippen molar-refractivity contribution in [1.29, 1.82) is 5.26 Å². The summed E-state index contributed by atoms with van der Waals surface area (Å²) in [5.74, 6) is -1.30. The molecule has 0 saturated carbocycles. The highest BCUT2D eigenvalue weighted by atomic mass is 35.5. The molecule has 3 rings (SSSR count). The Kier molecular flexibility index (Phi) is 4.36. The summed E-state index contributed by atoms with van der Waals surface area (Å²) in [5.41, 5.74) is 2.15. The van der Waals surface area contributed by atoms with E-state index in [1.807, 2.05) is 37.3 Å². The molecule has 0 saturated heterocycles. The second-order valence-electron chi connectivity index (χ2n) is 5.22. The predicted octanol–water partition coefficient (Wildman–Crippen LogP) is 3.11. The number of benzene rings is 2. The first kappa shape index (κ1) is 15.8. The minimum absolute atomic E-state index is 0.182. The van der Waals surface area contributed by atoms with Crippen molar-refractivity contribution in [3.63, 3.8) is 0 Å². The van der Waals surface area contributed by atoms with E-state index in [9.17, 15) is 10.1 Å². The van der Waals surface area contributed by atoms with Gasteiger partial charge in [-0.1, -0.05) is 29.3 Å². The van der Waals surface area contributed by atoms with Gasteiger partial charge in [0.15, 0.2) is 17.5 Å². The molecule has 1 atom stereocenters. The van der Waals surface area contributed by atoms with E-state index in [4.69, 9.17) is 11.6 Å². The summed E-state index contributed by atoms with van der Waals surface area (Å²) in [6, 6.07) is 15.8.